The number of esters is 1. The SMILES string of the molecule is CCCCCCCCCCCCCCC/C=C/CC/C=C/CCCC(=O)OC. The van der Waals surface area contributed by atoms with E-state index in [0.29, 0.717) is 6.42 Å². The predicted octanol–water partition coefficient (Wildman–Crippen LogP) is 8.70. The second kappa shape index (κ2) is 24.0. The fourth-order valence-corrected chi connectivity index (χ4v) is 3.41. The van der Waals surface area contributed by atoms with Crippen LogP contribution in [0, 0.1) is 0 Å². The van der Waals surface area contributed by atoms with Gasteiger partial charge in [0.2, 0.25) is 0 Å². The van der Waals surface area contributed by atoms with Crippen molar-refractivity contribution in [2.45, 2.75) is 129 Å². The average molecular weight is 393 g/mol. The number of allylic oxidation sites excluding steroid dienone is 4. The van der Waals surface area contributed by atoms with Crippen LogP contribution in [0.1, 0.15) is 129 Å². The van der Waals surface area contributed by atoms with Gasteiger partial charge in [0.05, 0.1) is 7.11 Å². The first-order valence-electron chi connectivity index (χ1n) is 12.2. The van der Waals surface area contributed by atoms with Gasteiger partial charge in [0.1, 0.15) is 0 Å². The van der Waals surface area contributed by atoms with Gasteiger partial charge >= 0.3 is 5.97 Å². The molecule has 0 bridgehead atoms. The molecule has 0 aliphatic carbocycles. The van der Waals surface area contributed by atoms with E-state index in [1.807, 2.05) is 0 Å². The zero-order valence-corrected chi connectivity index (χ0v) is 19.1. The molecule has 28 heavy (non-hydrogen) atoms. The van der Waals surface area contributed by atoms with Crippen molar-refractivity contribution in [3.8, 4) is 0 Å². The average Bonchev–Trinajstić information content (AvgIpc) is 2.71. The standard InChI is InChI=1S/C26H48O2/c1-3-4-5-6-7-8-9-10-11-12-13-14-15-16-17-18-19-20-21-22-23-24-25-26(27)28-2/h17-18,21-22H,3-16,19-20,23-25H2,1-2H3/b18-17+,22-21+. The summed E-state index contributed by atoms with van der Waals surface area (Å²) in [7, 11) is 1.45. The molecule has 0 aliphatic rings. The van der Waals surface area contributed by atoms with E-state index in [4.69, 9.17) is 0 Å². The third-order valence-corrected chi connectivity index (χ3v) is 5.29. The molecule has 0 heterocycles. The lowest BCUT2D eigenvalue weighted by Crippen LogP contribution is -1.98. The van der Waals surface area contributed by atoms with Crippen LogP contribution in [0.15, 0.2) is 24.3 Å². The molecule has 0 N–H and O–H groups in total. The number of carbonyl (C=O) groups excluding carboxylic acids is 1. The van der Waals surface area contributed by atoms with Crippen molar-refractivity contribution in [2.24, 2.45) is 0 Å². The first kappa shape index (κ1) is 27.0. The summed E-state index contributed by atoms with van der Waals surface area (Å²) in [6.45, 7) is 2.29. The van der Waals surface area contributed by atoms with Crippen LogP contribution in [0.2, 0.25) is 0 Å². The van der Waals surface area contributed by atoms with Crippen molar-refractivity contribution in [3.05, 3.63) is 24.3 Å². The molecule has 0 aromatic carbocycles. The van der Waals surface area contributed by atoms with Crippen LogP contribution < -0.4 is 0 Å². The van der Waals surface area contributed by atoms with E-state index in [1.165, 1.54) is 97.0 Å². The van der Waals surface area contributed by atoms with Crippen molar-refractivity contribution >= 4 is 5.97 Å². The maximum absolute atomic E-state index is 11.0. The van der Waals surface area contributed by atoms with Gasteiger partial charge in [0, 0.05) is 6.42 Å². The number of hydrogen-bond donors (Lipinski definition) is 0. The highest BCUT2D eigenvalue weighted by molar-refractivity contribution is 5.68. The summed E-state index contributed by atoms with van der Waals surface area (Å²) in [5, 5.41) is 0. The second-order valence-electron chi connectivity index (χ2n) is 8.02. The van der Waals surface area contributed by atoms with Crippen molar-refractivity contribution in [2.75, 3.05) is 7.11 Å². The van der Waals surface area contributed by atoms with Gasteiger partial charge in [-0.3, -0.25) is 4.79 Å². The zero-order chi connectivity index (χ0) is 20.5. The van der Waals surface area contributed by atoms with Crippen molar-refractivity contribution in [1.82, 2.24) is 0 Å². The number of ether oxygens (including phenoxy) is 1. The normalized spacial score (nSPS) is 11.6. The molecule has 0 rings (SSSR count). The van der Waals surface area contributed by atoms with Gasteiger partial charge in [-0.1, -0.05) is 108 Å². The minimum Gasteiger partial charge on any atom is -0.469 e. The fourth-order valence-electron chi connectivity index (χ4n) is 3.41. The second-order valence-corrected chi connectivity index (χ2v) is 8.02. The molecular weight excluding hydrogens is 344 g/mol. The Labute approximate surface area is 176 Å². The van der Waals surface area contributed by atoms with Crippen LogP contribution in [0.5, 0.6) is 0 Å². The van der Waals surface area contributed by atoms with Crippen molar-refractivity contribution in [3.63, 3.8) is 0 Å². The lowest BCUT2D eigenvalue weighted by molar-refractivity contribution is -0.140. The third kappa shape index (κ3) is 23.0. The monoisotopic (exact) mass is 392 g/mol. The molecule has 0 fully saturated rings. The summed E-state index contributed by atoms with van der Waals surface area (Å²) >= 11 is 0. The van der Waals surface area contributed by atoms with E-state index in [0.717, 1.165) is 25.7 Å². The molecule has 164 valence electrons. The van der Waals surface area contributed by atoms with E-state index in [1.54, 1.807) is 0 Å². The highest BCUT2D eigenvalue weighted by Gasteiger charge is 1.96. The lowest BCUT2D eigenvalue weighted by Gasteiger charge is -2.02. The highest BCUT2D eigenvalue weighted by atomic mass is 16.5. The number of hydrogen-bond acceptors (Lipinski definition) is 2. The van der Waals surface area contributed by atoms with Gasteiger partial charge in [0.15, 0.2) is 0 Å². The summed E-state index contributed by atoms with van der Waals surface area (Å²) in [5.74, 6) is -0.107. The Hall–Kier alpha value is -1.05. The van der Waals surface area contributed by atoms with Crippen LogP contribution >= 0.6 is 0 Å². The number of rotatable bonds is 21. The Bertz CT molecular complexity index is 371. The van der Waals surface area contributed by atoms with Crippen LogP contribution in [0.4, 0.5) is 0 Å². The van der Waals surface area contributed by atoms with Crippen LogP contribution in [-0.4, -0.2) is 13.1 Å². The minimum atomic E-state index is -0.107. The topological polar surface area (TPSA) is 26.3 Å². The molecule has 0 saturated heterocycles. The number of methoxy groups -OCH3 is 1. The third-order valence-electron chi connectivity index (χ3n) is 5.29. The summed E-state index contributed by atoms with van der Waals surface area (Å²) in [4.78, 5) is 11.0. The van der Waals surface area contributed by atoms with E-state index >= 15 is 0 Å². The first-order chi connectivity index (χ1) is 13.8. The first-order valence-corrected chi connectivity index (χ1v) is 12.2. The highest BCUT2D eigenvalue weighted by Crippen LogP contribution is 2.13. The van der Waals surface area contributed by atoms with Crippen molar-refractivity contribution in [1.29, 1.82) is 0 Å². The van der Waals surface area contributed by atoms with Gasteiger partial charge in [0.25, 0.3) is 0 Å². The Morgan fingerprint density at radius 2 is 0.964 bits per heavy atom. The summed E-state index contributed by atoms with van der Waals surface area (Å²) in [5.41, 5.74) is 0. The maximum Gasteiger partial charge on any atom is 0.305 e. The quantitative estimate of drug-likeness (QED) is 0.111. The summed E-state index contributed by atoms with van der Waals surface area (Å²) in [6.07, 6.45) is 33.4. The van der Waals surface area contributed by atoms with E-state index in [9.17, 15) is 4.79 Å². The molecule has 0 unspecified atom stereocenters. The van der Waals surface area contributed by atoms with E-state index in [-0.39, 0.29) is 5.97 Å². The molecule has 0 aromatic heterocycles. The maximum atomic E-state index is 11.0. The fraction of sp³-hybridized carbons (Fsp3) is 0.808. The van der Waals surface area contributed by atoms with Crippen LogP contribution in [0.25, 0.3) is 0 Å². The summed E-state index contributed by atoms with van der Waals surface area (Å²) < 4.78 is 4.62. The Morgan fingerprint density at radius 1 is 0.571 bits per heavy atom. The van der Waals surface area contributed by atoms with Crippen LogP contribution in [0.3, 0.4) is 0 Å². The van der Waals surface area contributed by atoms with E-state index < -0.39 is 0 Å². The zero-order valence-electron chi connectivity index (χ0n) is 19.1. The van der Waals surface area contributed by atoms with Crippen molar-refractivity contribution < 1.29 is 9.53 Å². The smallest absolute Gasteiger partial charge is 0.305 e. The molecule has 0 aromatic rings. The van der Waals surface area contributed by atoms with Gasteiger partial charge in [-0.2, -0.15) is 0 Å². The molecule has 2 heteroatoms. The number of carbonyl (C=O) groups is 1. The molecule has 0 spiro atoms. The molecule has 0 saturated carbocycles. The molecule has 0 aliphatic heterocycles. The number of unbranched alkanes of at least 4 members (excludes halogenated alkanes) is 15. The Kier molecular flexibility index (Phi) is 23.1. The van der Waals surface area contributed by atoms with Gasteiger partial charge in [-0.05, 0) is 38.5 Å². The Morgan fingerprint density at radius 3 is 1.43 bits per heavy atom. The molecule has 0 amide bonds. The Balaban J connectivity index is 3.17. The largest absolute Gasteiger partial charge is 0.469 e. The lowest BCUT2D eigenvalue weighted by atomic mass is 10.0. The van der Waals surface area contributed by atoms with Crippen LogP contribution in [-0.2, 0) is 9.53 Å². The summed E-state index contributed by atoms with van der Waals surface area (Å²) in [6, 6.07) is 0. The van der Waals surface area contributed by atoms with Gasteiger partial charge in [-0.25, -0.2) is 0 Å². The minimum absolute atomic E-state index is 0.107. The molecule has 0 atom stereocenters. The van der Waals surface area contributed by atoms with E-state index in [2.05, 4.69) is 36.0 Å². The molecule has 0 radical (unpaired) electrons. The molecular formula is C26H48O2. The van der Waals surface area contributed by atoms with Gasteiger partial charge in [-0.15, -0.1) is 0 Å². The molecule has 2 nitrogen and oxygen atoms in total. The van der Waals surface area contributed by atoms with Gasteiger partial charge < -0.3 is 4.74 Å². The predicted molar refractivity (Wildman–Crippen MR) is 124 cm³/mol.